The fraction of sp³-hybridized carbons (Fsp3) is 0.611. The maximum absolute atomic E-state index is 12.8. The first-order valence-electron chi connectivity index (χ1n) is 8.25. The number of nitrogens with zero attached hydrogens (tertiary/aromatic N) is 1. The fourth-order valence-corrected chi connectivity index (χ4v) is 3.01. The first kappa shape index (κ1) is 15.9. The lowest BCUT2D eigenvalue weighted by atomic mass is 9.92. The highest BCUT2D eigenvalue weighted by Gasteiger charge is 2.29. The van der Waals surface area contributed by atoms with Gasteiger partial charge in [0.15, 0.2) is 0 Å². The molecule has 1 aromatic rings. The summed E-state index contributed by atoms with van der Waals surface area (Å²) in [6.07, 6.45) is 4.36. The summed E-state index contributed by atoms with van der Waals surface area (Å²) in [5, 5.41) is 3.41. The Hall–Kier alpha value is -1.51. The highest BCUT2D eigenvalue weighted by molar-refractivity contribution is 5.81. The number of carbonyl (C=O) groups excluding carboxylic acids is 1. The molecule has 1 atom stereocenters. The molecule has 0 radical (unpaired) electrons. The van der Waals surface area contributed by atoms with Gasteiger partial charge < -0.3 is 10.2 Å². The molecule has 0 aliphatic carbocycles. The van der Waals surface area contributed by atoms with Crippen LogP contribution in [0.15, 0.2) is 24.3 Å². The zero-order valence-corrected chi connectivity index (χ0v) is 13.6. The predicted octanol–water partition coefficient (Wildman–Crippen LogP) is 3.70. The van der Waals surface area contributed by atoms with Crippen LogP contribution >= 0.6 is 0 Å². The second-order valence-corrected chi connectivity index (χ2v) is 6.27. The number of fused-ring (bicyclic) bond motifs is 1. The van der Waals surface area contributed by atoms with Crippen LogP contribution < -0.4 is 5.32 Å². The minimum atomic E-state index is 0.0731. The zero-order chi connectivity index (χ0) is 15.2. The van der Waals surface area contributed by atoms with E-state index in [1.54, 1.807) is 0 Å². The van der Waals surface area contributed by atoms with Crippen LogP contribution in [0.2, 0.25) is 0 Å². The lowest BCUT2D eigenvalue weighted by Gasteiger charge is -2.33. The summed E-state index contributed by atoms with van der Waals surface area (Å²) in [6.45, 7) is 8.08. The Morgan fingerprint density at radius 3 is 2.81 bits per heavy atom. The van der Waals surface area contributed by atoms with E-state index in [0.717, 1.165) is 25.9 Å². The van der Waals surface area contributed by atoms with Gasteiger partial charge in [-0.05, 0) is 38.3 Å². The number of rotatable bonds is 6. The lowest BCUT2D eigenvalue weighted by molar-refractivity contribution is -0.137. The molecule has 1 amide bonds. The second-order valence-electron chi connectivity index (χ2n) is 6.27. The normalized spacial score (nSPS) is 17.2. The average molecular weight is 288 g/mol. The molecule has 1 heterocycles. The van der Waals surface area contributed by atoms with Crippen LogP contribution in [-0.2, 0) is 11.2 Å². The zero-order valence-electron chi connectivity index (χ0n) is 13.6. The Bertz CT molecular complexity index is 470. The summed E-state index contributed by atoms with van der Waals surface area (Å²) in [6, 6.07) is 8.59. The van der Waals surface area contributed by atoms with Gasteiger partial charge in [-0.15, -0.1) is 0 Å². The van der Waals surface area contributed by atoms with E-state index >= 15 is 0 Å². The van der Waals surface area contributed by atoms with Crippen LogP contribution in [0.1, 0.15) is 45.6 Å². The van der Waals surface area contributed by atoms with Crippen molar-refractivity contribution in [2.75, 3.05) is 18.4 Å². The SMILES string of the molecule is CCCCCN(C(=O)C1CNc2ccccc2C1)C(C)C. The highest BCUT2D eigenvalue weighted by atomic mass is 16.2. The van der Waals surface area contributed by atoms with Crippen LogP contribution in [0.3, 0.4) is 0 Å². The van der Waals surface area contributed by atoms with Gasteiger partial charge in [0.05, 0.1) is 5.92 Å². The third kappa shape index (κ3) is 3.99. The van der Waals surface area contributed by atoms with E-state index in [-0.39, 0.29) is 12.0 Å². The molecule has 0 aromatic heterocycles. The van der Waals surface area contributed by atoms with E-state index < -0.39 is 0 Å². The van der Waals surface area contributed by atoms with Gasteiger partial charge in [-0.1, -0.05) is 38.0 Å². The molecular formula is C18H28N2O. The van der Waals surface area contributed by atoms with Gasteiger partial charge in [0.2, 0.25) is 5.91 Å². The number of amides is 1. The second kappa shape index (κ2) is 7.48. The van der Waals surface area contributed by atoms with Crippen LogP contribution in [-0.4, -0.2) is 29.9 Å². The summed E-state index contributed by atoms with van der Waals surface area (Å²) >= 11 is 0. The number of anilines is 1. The molecule has 3 nitrogen and oxygen atoms in total. The third-order valence-electron chi connectivity index (χ3n) is 4.28. The number of para-hydroxylation sites is 1. The summed E-state index contributed by atoms with van der Waals surface area (Å²) in [7, 11) is 0. The molecule has 0 fully saturated rings. The number of hydrogen-bond donors (Lipinski definition) is 1. The Morgan fingerprint density at radius 2 is 2.10 bits per heavy atom. The topological polar surface area (TPSA) is 32.3 Å². The molecule has 1 aromatic carbocycles. The first-order valence-corrected chi connectivity index (χ1v) is 8.25. The molecular weight excluding hydrogens is 260 g/mol. The monoisotopic (exact) mass is 288 g/mol. The number of hydrogen-bond acceptors (Lipinski definition) is 2. The molecule has 1 unspecified atom stereocenters. The van der Waals surface area contributed by atoms with Gasteiger partial charge >= 0.3 is 0 Å². The molecule has 1 aliphatic heterocycles. The van der Waals surface area contributed by atoms with Crippen molar-refractivity contribution in [3.8, 4) is 0 Å². The molecule has 0 spiro atoms. The van der Waals surface area contributed by atoms with Crippen molar-refractivity contribution < 1.29 is 4.79 Å². The molecule has 116 valence electrons. The van der Waals surface area contributed by atoms with Gasteiger partial charge in [0.25, 0.3) is 0 Å². The first-order chi connectivity index (χ1) is 10.1. The van der Waals surface area contributed by atoms with Crippen LogP contribution in [0.4, 0.5) is 5.69 Å². The minimum absolute atomic E-state index is 0.0731. The number of carbonyl (C=O) groups is 1. The van der Waals surface area contributed by atoms with E-state index in [4.69, 9.17) is 0 Å². The quantitative estimate of drug-likeness (QED) is 0.810. The molecule has 0 bridgehead atoms. The number of unbranched alkanes of at least 4 members (excludes halogenated alkanes) is 2. The van der Waals surface area contributed by atoms with E-state index in [1.165, 1.54) is 24.1 Å². The highest BCUT2D eigenvalue weighted by Crippen LogP contribution is 2.25. The van der Waals surface area contributed by atoms with Crippen molar-refractivity contribution in [2.45, 2.75) is 52.5 Å². The van der Waals surface area contributed by atoms with E-state index in [0.29, 0.717) is 5.91 Å². The van der Waals surface area contributed by atoms with Crippen LogP contribution in [0.5, 0.6) is 0 Å². The van der Waals surface area contributed by atoms with Crippen molar-refractivity contribution in [1.29, 1.82) is 0 Å². The van der Waals surface area contributed by atoms with Crippen molar-refractivity contribution >= 4 is 11.6 Å². The van der Waals surface area contributed by atoms with E-state index in [2.05, 4.69) is 49.2 Å². The maximum Gasteiger partial charge on any atom is 0.228 e. The lowest BCUT2D eigenvalue weighted by Crippen LogP contribution is -2.45. The van der Waals surface area contributed by atoms with Gasteiger partial charge in [-0.2, -0.15) is 0 Å². The Balaban J connectivity index is 2.01. The molecule has 2 rings (SSSR count). The Morgan fingerprint density at radius 1 is 1.33 bits per heavy atom. The fourth-order valence-electron chi connectivity index (χ4n) is 3.01. The standard InChI is InChI=1S/C18H28N2O/c1-4-5-8-11-20(14(2)3)18(21)16-12-15-9-6-7-10-17(15)19-13-16/h6-7,9-10,14,16,19H,4-5,8,11-13H2,1-3H3. The van der Waals surface area contributed by atoms with Gasteiger partial charge in [-0.3, -0.25) is 4.79 Å². The number of nitrogens with one attached hydrogen (secondary N) is 1. The summed E-state index contributed by atoms with van der Waals surface area (Å²) in [5.41, 5.74) is 2.45. The minimum Gasteiger partial charge on any atom is -0.384 e. The van der Waals surface area contributed by atoms with Crippen LogP contribution in [0.25, 0.3) is 0 Å². The van der Waals surface area contributed by atoms with Gasteiger partial charge in [0, 0.05) is 24.8 Å². The van der Waals surface area contributed by atoms with Crippen LogP contribution in [0, 0.1) is 5.92 Å². The molecule has 3 heteroatoms. The summed E-state index contributed by atoms with van der Waals surface area (Å²) in [4.78, 5) is 14.9. The van der Waals surface area contributed by atoms with Gasteiger partial charge in [0.1, 0.15) is 0 Å². The Kier molecular flexibility index (Phi) is 5.66. The summed E-state index contributed by atoms with van der Waals surface area (Å²) in [5.74, 6) is 0.382. The molecule has 1 aliphatic rings. The van der Waals surface area contributed by atoms with E-state index in [9.17, 15) is 4.79 Å². The van der Waals surface area contributed by atoms with Crippen molar-refractivity contribution in [3.05, 3.63) is 29.8 Å². The molecule has 0 saturated heterocycles. The molecule has 1 N–H and O–H groups in total. The van der Waals surface area contributed by atoms with Crippen molar-refractivity contribution in [2.24, 2.45) is 5.92 Å². The summed E-state index contributed by atoms with van der Waals surface area (Å²) < 4.78 is 0. The smallest absolute Gasteiger partial charge is 0.228 e. The molecule has 21 heavy (non-hydrogen) atoms. The average Bonchev–Trinajstić information content (AvgIpc) is 2.50. The molecule has 0 saturated carbocycles. The van der Waals surface area contributed by atoms with Crippen molar-refractivity contribution in [1.82, 2.24) is 4.90 Å². The largest absolute Gasteiger partial charge is 0.384 e. The van der Waals surface area contributed by atoms with Gasteiger partial charge in [-0.25, -0.2) is 0 Å². The number of benzene rings is 1. The maximum atomic E-state index is 12.8. The Labute approximate surface area is 128 Å². The van der Waals surface area contributed by atoms with E-state index in [1.807, 2.05) is 6.07 Å². The van der Waals surface area contributed by atoms with Crippen molar-refractivity contribution in [3.63, 3.8) is 0 Å². The predicted molar refractivity (Wildman–Crippen MR) is 88.5 cm³/mol. The third-order valence-corrected chi connectivity index (χ3v) is 4.28.